The number of nitrogens with one attached hydrogen (secondary N) is 1. The number of methoxy groups -OCH3 is 1. The number of hydrogen-bond acceptors (Lipinski definition) is 14. The van der Waals surface area contributed by atoms with Crippen molar-refractivity contribution in [1.82, 2.24) is 10.2 Å². The smallest absolute Gasteiger partial charge is 0.311 e. The highest BCUT2D eigenvalue weighted by Crippen LogP contribution is 2.41. The Balaban J connectivity index is 2.22. The van der Waals surface area contributed by atoms with Crippen LogP contribution in [0.5, 0.6) is 0 Å². The zero-order valence-corrected chi connectivity index (χ0v) is 35.5. The number of hydrogen-bond donors (Lipinski definition) is 6. The van der Waals surface area contributed by atoms with Crippen LogP contribution in [0.25, 0.3) is 0 Å². The maximum absolute atomic E-state index is 14.3. The highest BCUT2D eigenvalue weighted by atomic mass is 16.7. The molecule has 3 saturated heterocycles. The van der Waals surface area contributed by atoms with Crippen LogP contribution in [0, 0.1) is 23.7 Å². The maximum Gasteiger partial charge on any atom is 0.311 e. The zero-order chi connectivity index (χ0) is 41.1. The van der Waals surface area contributed by atoms with Gasteiger partial charge in [0.2, 0.25) is 0 Å². The first-order valence-corrected chi connectivity index (χ1v) is 20.2. The summed E-state index contributed by atoms with van der Waals surface area (Å²) in [7, 11) is 5.28. The van der Waals surface area contributed by atoms with Gasteiger partial charge in [-0.25, -0.2) is 0 Å². The number of carbonyl (C=O) groups is 1. The third-order valence-corrected chi connectivity index (χ3v) is 12.7. The van der Waals surface area contributed by atoms with E-state index in [9.17, 15) is 30.3 Å². The summed E-state index contributed by atoms with van der Waals surface area (Å²) in [6.07, 6.45) is -7.54. The minimum absolute atomic E-state index is 0.132. The second-order valence-electron chi connectivity index (χ2n) is 17.7. The molecular formula is C40H76N2O12. The van der Waals surface area contributed by atoms with Crippen LogP contribution in [0.15, 0.2) is 0 Å². The third kappa shape index (κ3) is 10.5. The van der Waals surface area contributed by atoms with Crippen molar-refractivity contribution in [3.63, 3.8) is 0 Å². The van der Waals surface area contributed by atoms with Crippen LogP contribution in [0.2, 0.25) is 0 Å². The van der Waals surface area contributed by atoms with E-state index >= 15 is 0 Å². The average molecular weight is 777 g/mol. The summed E-state index contributed by atoms with van der Waals surface area (Å²) in [6.45, 7) is 20.4. The Morgan fingerprint density at radius 2 is 1.54 bits per heavy atom. The fourth-order valence-corrected chi connectivity index (χ4v) is 9.30. The maximum atomic E-state index is 14.3. The molecule has 6 N–H and O–H groups in total. The van der Waals surface area contributed by atoms with Gasteiger partial charge in [0, 0.05) is 37.5 Å². The molecule has 3 heterocycles. The van der Waals surface area contributed by atoms with Crippen molar-refractivity contribution in [1.29, 1.82) is 0 Å². The van der Waals surface area contributed by atoms with E-state index in [0.717, 1.165) is 6.42 Å². The predicted octanol–water partition coefficient (Wildman–Crippen LogP) is 2.58. The number of aliphatic hydroxyl groups is 5. The highest BCUT2D eigenvalue weighted by Gasteiger charge is 2.53. The van der Waals surface area contributed by atoms with Gasteiger partial charge < -0.3 is 64.2 Å². The molecule has 0 saturated carbocycles. The fourth-order valence-electron chi connectivity index (χ4n) is 9.30. The molecule has 0 aromatic rings. The number of esters is 1. The van der Waals surface area contributed by atoms with Crippen molar-refractivity contribution in [2.75, 3.05) is 27.7 Å². The molecule has 3 rings (SSSR count). The van der Waals surface area contributed by atoms with Gasteiger partial charge in [-0.05, 0) is 93.8 Å². The normalized spacial score (nSPS) is 49.0. The summed E-state index contributed by atoms with van der Waals surface area (Å²) in [4.78, 5) is 16.2. The molecule has 0 amide bonds. The van der Waals surface area contributed by atoms with Crippen molar-refractivity contribution in [2.45, 2.75) is 199 Å². The lowest BCUT2D eigenvalue weighted by molar-refractivity contribution is -0.318. The first-order valence-electron chi connectivity index (χ1n) is 20.2. The van der Waals surface area contributed by atoms with Crippen LogP contribution in [0.3, 0.4) is 0 Å². The first-order chi connectivity index (χ1) is 25.0. The van der Waals surface area contributed by atoms with Crippen LogP contribution in [-0.4, -0.2) is 154 Å². The van der Waals surface area contributed by atoms with Gasteiger partial charge in [0.05, 0.1) is 47.6 Å². The van der Waals surface area contributed by atoms with E-state index in [4.69, 9.17) is 28.4 Å². The molecule has 0 aromatic carbocycles. The molecule has 0 aliphatic carbocycles. The summed E-state index contributed by atoms with van der Waals surface area (Å²) in [6, 6.07) is -0.655. The first kappa shape index (κ1) is 47.4. The van der Waals surface area contributed by atoms with E-state index in [-0.39, 0.29) is 43.4 Å². The van der Waals surface area contributed by atoms with Crippen molar-refractivity contribution < 1.29 is 58.7 Å². The second kappa shape index (κ2) is 19.2. The minimum Gasteiger partial charge on any atom is -0.459 e. The van der Waals surface area contributed by atoms with Crippen LogP contribution in [0.4, 0.5) is 0 Å². The molecule has 54 heavy (non-hydrogen) atoms. The largest absolute Gasteiger partial charge is 0.459 e. The van der Waals surface area contributed by atoms with Crippen molar-refractivity contribution in [3.05, 3.63) is 0 Å². The molecule has 0 spiro atoms. The summed E-state index contributed by atoms with van der Waals surface area (Å²) in [5, 5.41) is 62.6. The van der Waals surface area contributed by atoms with Crippen molar-refractivity contribution >= 4 is 5.97 Å². The van der Waals surface area contributed by atoms with Crippen molar-refractivity contribution in [2.24, 2.45) is 23.7 Å². The molecular weight excluding hydrogens is 700 g/mol. The van der Waals surface area contributed by atoms with Gasteiger partial charge in [0.25, 0.3) is 0 Å². The molecule has 19 atom stereocenters. The Morgan fingerprint density at radius 3 is 2.09 bits per heavy atom. The highest BCUT2D eigenvalue weighted by molar-refractivity contribution is 5.73. The van der Waals surface area contributed by atoms with E-state index in [2.05, 4.69) is 5.32 Å². The van der Waals surface area contributed by atoms with Gasteiger partial charge in [-0.2, -0.15) is 0 Å². The Bertz CT molecular complexity index is 1180. The SMILES string of the molecule is CCCNC1[C@H](C)C[C@@](C)(O)[C@H](O[C@@H]2O[C@H](C)C[C@H](N(C)C)[C@H]2O)[C@@H](C)[C@H](O[C@H]2C[C@@](C)(OC)[C@@H](O)[C@H](C)O2)[C@@H](C)C(=O)O[C@H](CC)[C@@](C)(O)[C@H](O)[C@H]1C. The molecule has 0 radical (unpaired) electrons. The number of nitrogens with zero attached hydrogens (tertiary/aromatic N) is 1. The van der Waals surface area contributed by atoms with E-state index in [1.165, 1.54) is 14.0 Å². The fraction of sp³-hybridized carbons (Fsp3) is 0.975. The monoisotopic (exact) mass is 777 g/mol. The summed E-state index contributed by atoms with van der Waals surface area (Å²) < 4.78 is 37.7. The number of carbonyl (C=O) groups excluding carboxylic acids is 1. The molecule has 3 aliphatic heterocycles. The molecule has 14 nitrogen and oxygen atoms in total. The Labute approximate surface area is 324 Å². The Kier molecular flexibility index (Phi) is 16.8. The van der Waals surface area contributed by atoms with Gasteiger partial charge in [-0.15, -0.1) is 0 Å². The lowest BCUT2D eigenvalue weighted by atomic mass is 9.72. The minimum atomic E-state index is -1.82. The third-order valence-electron chi connectivity index (χ3n) is 12.7. The summed E-state index contributed by atoms with van der Waals surface area (Å²) >= 11 is 0. The molecule has 3 fully saturated rings. The molecule has 14 heteroatoms. The second-order valence-corrected chi connectivity index (χ2v) is 17.7. The number of rotatable bonds is 10. The van der Waals surface area contributed by atoms with E-state index in [0.29, 0.717) is 13.0 Å². The lowest BCUT2D eigenvalue weighted by Gasteiger charge is -2.49. The van der Waals surface area contributed by atoms with E-state index in [1.807, 2.05) is 53.6 Å². The number of ether oxygens (including phenoxy) is 6. The van der Waals surface area contributed by atoms with E-state index in [1.54, 1.807) is 34.6 Å². The average Bonchev–Trinajstić information content (AvgIpc) is 3.09. The Hall–Kier alpha value is -1.01. The number of aliphatic hydroxyl groups excluding tert-OH is 3. The topological polar surface area (TPSA) is 189 Å². The molecule has 3 aliphatic rings. The number of cyclic esters (lactones) is 1. The lowest BCUT2D eigenvalue weighted by Crippen LogP contribution is -2.62. The Morgan fingerprint density at radius 1 is 0.907 bits per heavy atom. The molecule has 0 bridgehead atoms. The van der Waals surface area contributed by atoms with Gasteiger partial charge >= 0.3 is 5.97 Å². The predicted molar refractivity (Wildman–Crippen MR) is 203 cm³/mol. The summed E-state index contributed by atoms with van der Waals surface area (Å²) in [5.74, 6) is -3.25. The van der Waals surface area contributed by atoms with Crippen LogP contribution in [0.1, 0.15) is 108 Å². The summed E-state index contributed by atoms with van der Waals surface area (Å²) in [5.41, 5.74) is -4.46. The molecule has 1 unspecified atom stereocenters. The van der Waals surface area contributed by atoms with Gasteiger partial charge in [-0.1, -0.05) is 34.6 Å². The standard InChI is InChI=1S/C40H76N2O12/c1-15-17-41-30-21(3)19-38(9,47)35(54-37-31(43)27(42(12)13)18-22(4)50-37)24(6)32(53-29-20-39(10,49-14)34(45)26(8)51-29)25(7)36(46)52-28(16-2)40(11,48)33(44)23(30)5/h21-35,37,41,43-45,47-48H,15-20H2,1-14H3/t21-,22-,23+,24+,25-,26+,27+,28-,29+,30?,31-,32+,33-,34+,35-,37+,38-,39-,40-/m1/s1. The van der Waals surface area contributed by atoms with Crippen molar-refractivity contribution in [3.8, 4) is 0 Å². The van der Waals surface area contributed by atoms with Gasteiger partial charge in [0.15, 0.2) is 12.6 Å². The van der Waals surface area contributed by atoms with Crippen LogP contribution >= 0.6 is 0 Å². The zero-order valence-electron chi connectivity index (χ0n) is 35.5. The van der Waals surface area contributed by atoms with E-state index < -0.39 is 95.8 Å². The quantitative estimate of drug-likeness (QED) is 0.178. The molecule has 318 valence electrons. The van der Waals surface area contributed by atoms with Gasteiger partial charge in [0.1, 0.15) is 23.9 Å². The van der Waals surface area contributed by atoms with Gasteiger partial charge in [-0.3, -0.25) is 4.79 Å². The number of likely N-dealkylation sites (N-methyl/N-ethyl adjacent to an activating group) is 1. The van der Waals surface area contributed by atoms with Crippen LogP contribution < -0.4 is 5.32 Å². The van der Waals surface area contributed by atoms with Crippen LogP contribution in [-0.2, 0) is 33.2 Å². The molecule has 0 aromatic heterocycles.